The molecule has 1 aliphatic rings. The second-order valence-corrected chi connectivity index (χ2v) is 7.71. The van der Waals surface area contributed by atoms with Crippen LogP contribution in [0.2, 0.25) is 0 Å². The van der Waals surface area contributed by atoms with Gasteiger partial charge < -0.3 is 10.6 Å². The number of aryl methyl sites for hydroxylation is 2. The molecule has 31 heavy (non-hydrogen) atoms. The minimum Gasteiger partial charge on any atom is -0.357 e. The monoisotopic (exact) mass is 550 g/mol. The van der Waals surface area contributed by atoms with E-state index in [4.69, 9.17) is 0 Å². The predicted octanol–water partition coefficient (Wildman–Crippen LogP) is 4.29. The van der Waals surface area contributed by atoms with Gasteiger partial charge in [-0.05, 0) is 44.2 Å². The molecular weight excluding hydrogens is 520 g/mol. The molecule has 10 heteroatoms. The van der Waals surface area contributed by atoms with Crippen LogP contribution in [0.3, 0.4) is 0 Å². The van der Waals surface area contributed by atoms with Crippen LogP contribution in [0.1, 0.15) is 55.4 Å². The zero-order valence-electron chi connectivity index (χ0n) is 18.0. The van der Waals surface area contributed by atoms with Crippen LogP contribution < -0.4 is 10.6 Å². The van der Waals surface area contributed by atoms with E-state index in [0.717, 1.165) is 49.6 Å². The Morgan fingerprint density at radius 3 is 2.84 bits per heavy atom. The molecule has 1 aromatic carbocycles. The van der Waals surface area contributed by atoms with Gasteiger partial charge in [0, 0.05) is 25.6 Å². The quantitative estimate of drug-likeness (QED) is 0.320. The van der Waals surface area contributed by atoms with Gasteiger partial charge in [0.1, 0.15) is 11.6 Å². The number of hydrogen-bond donors (Lipinski definition) is 2. The lowest BCUT2D eigenvalue weighted by Gasteiger charge is -2.25. The highest BCUT2D eigenvalue weighted by atomic mass is 127. The number of rotatable bonds is 6. The fraction of sp³-hybridized carbons (Fsp3) is 0.571. The molecule has 3 rings (SSSR count). The number of hydrogen-bond acceptors (Lipinski definition) is 3. The largest absolute Gasteiger partial charge is 0.416 e. The molecule has 6 nitrogen and oxygen atoms in total. The molecule has 0 bridgehead atoms. The Kier molecular flexibility index (Phi) is 9.14. The average Bonchev–Trinajstić information content (AvgIpc) is 3.06. The van der Waals surface area contributed by atoms with Gasteiger partial charge in [0.05, 0.1) is 12.1 Å². The molecule has 1 aliphatic heterocycles. The van der Waals surface area contributed by atoms with E-state index >= 15 is 0 Å². The van der Waals surface area contributed by atoms with Gasteiger partial charge in [-0.3, -0.25) is 4.99 Å². The summed E-state index contributed by atoms with van der Waals surface area (Å²) >= 11 is 0. The zero-order valence-corrected chi connectivity index (χ0v) is 20.4. The lowest BCUT2D eigenvalue weighted by molar-refractivity contribution is -0.137. The highest BCUT2D eigenvalue weighted by Gasteiger charge is 2.30. The molecule has 2 N–H and O–H groups in total. The molecule has 2 heterocycles. The number of nitrogens with zero attached hydrogens (tertiary/aromatic N) is 4. The van der Waals surface area contributed by atoms with E-state index in [2.05, 4.69) is 25.7 Å². The number of aromatic nitrogens is 3. The lowest BCUT2D eigenvalue weighted by atomic mass is 9.96. The third-order valence-electron chi connectivity index (χ3n) is 5.26. The average molecular weight is 550 g/mol. The highest BCUT2D eigenvalue weighted by Crippen LogP contribution is 2.31. The van der Waals surface area contributed by atoms with Crippen LogP contribution in [-0.4, -0.2) is 39.9 Å². The van der Waals surface area contributed by atoms with Gasteiger partial charge >= 0.3 is 6.18 Å². The van der Waals surface area contributed by atoms with E-state index in [9.17, 15) is 13.2 Å². The molecule has 2 atom stereocenters. The van der Waals surface area contributed by atoms with Gasteiger partial charge in [-0.1, -0.05) is 25.1 Å². The SMILES string of the molecule is CCNC(=NCCC(C)c1cccc(C(F)(F)F)c1)NC1CCc2nc(C)nn2C1.I. The maximum Gasteiger partial charge on any atom is 0.416 e. The van der Waals surface area contributed by atoms with E-state index < -0.39 is 11.7 Å². The predicted molar refractivity (Wildman–Crippen MR) is 126 cm³/mol. The molecule has 0 fully saturated rings. The van der Waals surface area contributed by atoms with Crippen molar-refractivity contribution in [3.63, 3.8) is 0 Å². The minimum atomic E-state index is -4.32. The van der Waals surface area contributed by atoms with Crippen molar-refractivity contribution in [3.05, 3.63) is 47.0 Å². The Labute approximate surface area is 198 Å². The van der Waals surface area contributed by atoms with E-state index in [0.29, 0.717) is 18.5 Å². The number of halogens is 4. The number of fused-ring (bicyclic) bond motifs is 1. The summed E-state index contributed by atoms with van der Waals surface area (Å²) in [6, 6.07) is 5.75. The fourth-order valence-electron chi connectivity index (χ4n) is 3.62. The first-order valence-corrected chi connectivity index (χ1v) is 10.4. The van der Waals surface area contributed by atoms with Crippen LogP contribution in [0.5, 0.6) is 0 Å². The second-order valence-electron chi connectivity index (χ2n) is 7.71. The zero-order chi connectivity index (χ0) is 21.7. The first-order valence-electron chi connectivity index (χ1n) is 10.4. The third kappa shape index (κ3) is 7.08. The first kappa shape index (κ1) is 25.4. The number of nitrogens with one attached hydrogen (secondary N) is 2. The van der Waals surface area contributed by atoms with Gasteiger partial charge in [-0.2, -0.15) is 18.3 Å². The van der Waals surface area contributed by atoms with Gasteiger partial charge in [0.15, 0.2) is 5.96 Å². The molecule has 2 unspecified atom stereocenters. The number of guanidine groups is 1. The Hall–Kier alpha value is -1.85. The summed E-state index contributed by atoms with van der Waals surface area (Å²) in [4.78, 5) is 9.06. The minimum absolute atomic E-state index is 0. The van der Waals surface area contributed by atoms with Gasteiger partial charge in [-0.15, -0.1) is 24.0 Å². The maximum atomic E-state index is 12.9. The fourth-order valence-corrected chi connectivity index (χ4v) is 3.62. The van der Waals surface area contributed by atoms with Crippen LogP contribution >= 0.6 is 24.0 Å². The van der Waals surface area contributed by atoms with Crippen molar-refractivity contribution in [2.75, 3.05) is 13.1 Å². The molecule has 0 radical (unpaired) electrons. The normalized spacial score (nSPS) is 17.5. The molecule has 0 amide bonds. The lowest BCUT2D eigenvalue weighted by Crippen LogP contribution is -2.47. The molecule has 2 aromatic rings. The number of benzene rings is 1. The summed E-state index contributed by atoms with van der Waals surface area (Å²) in [7, 11) is 0. The smallest absolute Gasteiger partial charge is 0.357 e. The van der Waals surface area contributed by atoms with Crippen molar-refractivity contribution < 1.29 is 13.2 Å². The van der Waals surface area contributed by atoms with Crippen molar-refractivity contribution in [2.24, 2.45) is 4.99 Å². The molecule has 1 aromatic heterocycles. The first-order chi connectivity index (χ1) is 14.3. The molecule has 0 spiro atoms. The molecular formula is C21H30F3IN6. The van der Waals surface area contributed by atoms with E-state index in [1.807, 2.05) is 25.5 Å². The summed E-state index contributed by atoms with van der Waals surface area (Å²) in [5.74, 6) is 2.51. The van der Waals surface area contributed by atoms with E-state index in [1.54, 1.807) is 6.07 Å². The Bertz CT molecular complexity index is 880. The van der Waals surface area contributed by atoms with E-state index in [-0.39, 0.29) is 35.9 Å². The standard InChI is InChI=1S/C21H29F3N6.HI/c1-4-25-20(28-18-8-9-19-27-15(3)29-30(19)13-18)26-11-10-14(2)16-6-5-7-17(12-16)21(22,23)24;/h5-7,12,14,18H,4,8-11,13H2,1-3H3,(H2,25,26,28);1H. The molecule has 0 saturated carbocycles. The van der Waals surface area contributed by atoms with Crippen LogP contribution in [0.15, 0.2) is 29.3 Å². The summed E-state index contributed by atoms with van der Waals surface area (Å²) in [5, 5.41) is 11.1. The van der Waals surface area contributed by atoms with Crippen molar-refractivity contribution in [1.29, 1.82) is 0 Å². The van der Waals surface area contributed by atoms with Gasteiger partial charge in [-0.25, -0.2) is 9.67 Å². The van der Waals surface area contributed by atoms with Crippen molar-refractivity contribution in [2.45, 2.75) is 64.7 Å². The third-order valence-corrected chi connectivity index (χ3v) is 5.26. The topological polar surface area (TPSA) is 67.1 Å². The van der Waals surface area contributed by atoms with Crippen molar-refractivity contribution in [3.8, 4) is 0 Å². The summed E-state index contributed by atoms with van der Waals surface area (Å²) in [6.45, 7) is 7.82. The Morgan fingerprint density at radius 1 is 1.35 bits per heavy atom. The summed E-state index contributed by atoms with van der Waals surface area (Å²) in [6.07, 6.45) is -1.85. The second kappa shape index (κ2) is 11.1. The number of alkyl halides is 3. The van der Waals surface area contributed by atoms with E-state index in [1.165, 1.54) is 12.1 Å². The number of aliphatic imine (C=N–C) groups is 1. The van der Waals surface area contributed by atoms with Crippen LogP contribution in [0.4, 0.5) is 13.2 Å². The van der Waals surface area contributed by atoms with Crippen LogP contribution in [-0.2, 0) is 19.1 Å². The van der Waals surface area contributed by atoms with Gasteiger partial charge in [0.25, 0.3) is 0 Å². The summed E-state index contributed by atoms with van der Waals surface area (Å²) < 4.78 is 40.8. The van der Waals surface area contributed by atoms with Gasteiger partial charge in [0.2, 0.25) is 0 Å². The molecule has 0 saturated heterocycles. The van der Waals surface area contributed by atoms with Crippen molar-refractivity contribution >= 4 is 29.9 Å². The Morgan fingerprint density at radius 2 is 2.13 bits per heavy atom. The van der Waals surface area contributed by atoms with Crippen LogP contribution in [0.25, 0.3) is 0 Å². The highest BCUT2D eigenvalue weighted by molar-refractivity contribution is 14.0. The van der Waals surface area contributed by atoms with Crippen molar-refractivity contribution in [1.82, 2.24) is 25.4 Å². The summed E-state index contributed by atoms with van der Waals surface area (Å²) in [5.41, 5.74) is 0.0738. The molecule has 172 valence electrons. The van der Waals surface area contributed by atoms with Crippen LogP contribution in [0, 0.1) is 6.92 Å². The Balaban J connectivity index is 0.00000341. The molecule has 0 aliphatic carbocycles. The maximum absolute atomic E-state index is 12.9.